The summed E-state index contributed by atoms with van der Waals surface area (Å²) in [7, 11) is 0. The van der Waals surface area contributed by atoms with Crippen molar-refractivity contribution in [3.05, 3.63) is 33.9 Å². The molecule has 5 heterocycles. The zero-order valence-electron chi connectivity index (χ0n) is 12.6. The minimum Gasteiger partial charge on any atom is -0.303 e. The molecule has 4 aliphatic rings. The largest absolute Gasteiger partial charge is 0.303 e. The molecule has 1 unspecified atom stereocenters. The fraction of sp³-hybridized carbons (Fsp3) is 0.588. The number of rotatable bonds is 1. The van der Waals surface area contributed by atoms with Crippen LogP contribution in [0.2, 0.25) is 0 Å². The van der Waals surface area contributed by atoms with Gasteiger partial charge in [0, 0.05) is 23.7 Å². The molecule has 2 aromatic rings. The van der Waals surface area contributed by atoms with Gasteiger partial charge in [-0.05, 0) is 62.6 Å². The smallest absolute Gasteiger partial charge is 0.273 e. The molecule has 0 radical (unpaired) electrons. The van der Waals surface area contributed by atoms with Gasteiger partial charge in [0.05, 0.1) is 11.2 Å². The summed E-state index contributed by atoms with van der Waals surface area (Å²) in [4.78, 5) is 19.3. The molecule has 2 bridgehead atoms. The molecule has 0 spiro atoms. The summed E-state index contributed by atoms with van der Waals surface area (Å²) in [5.41, 5.74) is 2.91. The highest BCUT2D eigenvalue weighted by molar-refractivity contribution is 5.85. The summed E-state index contributed by atoms with van der Waals surface area (Å²) in [6, 6.07) is 1.88. The number of aryl methyl sites for hydroxylation is 1. The highest BCUT2D eigenvalue weighted by Gasteiger charge is 2.41. The van der Waals surface area contributed by atoms with Gasteiger partial charge < -0.3 is 4.90 Å². The van der Waals surface area contributed by atoms with Crippen molar-refractivity contribution in [3.63, 3.8) is 0 Å². The lowest BCUT2D eigenvalue weighted by molar-refractivity contribution is 0.0345. The van der Waals surface area contributed by atoms with Gasteiger partial charge in [0.2, 0.25) is 0 Å². The molecule has 1 aliphatic carbocycles. The molecule has 5 nitrogen and oxygen atoms in total. The van der Waals surface area contributed by atoms with Crippen LogP contribution in [0.25, 0.3) is 10.9 Å². The molecule has 6 rings (SSSR count). The van der Waals surface area contributed by atoms with E-state index in [4.69, 9.17) is 0 Å². The lowest BCUT2D eigenvalue weighted by atomic mass is 9.67. The van der Waals surface area contributed by atoms with Crippen LogP contribution in [0.15, 0.2) is 17.1 Å². The Morgan fingerprint density at radius 1 is 1.23 bits per heavy atom. The molecule has 0 amide bonds. The normalized spacial score (nSPS) is 33.3. The second-order valence-corrected chi connectivity index (χ2v) is 7.07. The number of hydrogen-bond acceptors (Lipinski definition) is 4. The Kier molecular flexibility index (Phi) is 2.68. The molecule has 2 aromatic heterocycles. The van der Waals surface area contributed by atoms with Gasteiger partial charge in [0.1, 0.15) is 0 Å². The Morgan fingerprint density at radius 3 is 2.86 bits per heavy atom. The van der Waals surface area contributed by atoms with Crippen molar-refractivity contribution in [3.8, 4) is 0 Å². The van der Waals surface area contributed by atoms with Crippen LogP contribution in [-0.2, 0) is 6.42 Å². The van der Waals surface area contributed by atoms with E-state index >= 15 is 0 Å². The van der Waals surface area contributed by atoms with E-state index in [-0.39, 0.29) is 5.56 Å². The van der Waals surface area contributed by atoms with Gasteiger partial charge >= 0.3 is 0 Å². The average molecular weight is 296 g/mol. The predicted molar refractivity (Wildman–Crippen MR) is 83.9 cm³/mol. The first kappa shape index (κ1) is 12.8. The van der Waals surface area contributed by atoms with Crippen molar-refractivity contribution < 1.29 is 0 Å². The Labute approximate surface area is 128 Å². The quantitative estimate of drug-likeness (QED) is 0.870. The Morgan fingerprint density at radius 2 is 2.09 bits per heavy atom. The Bertz CT molecular complexity index is 791. The summed E-state index contributed by atoms with van der Waals surface area (Å²) in [5, 5.41) is 8.57. The maximum absolute atomic E-state index is 12.6. The molecule has 114 valence electrons. The third-order valence-corrected chi connectivity index (χ3v) is 6.09. The van der Waals surface area contributed by atoms with Crippen molar-refractivity contribution in [2.75, 3.05) is 19.6 Å². The van der Waals surface area contributed by atoms with Gasteiger partial charge in [-0.1, -0.05) is 0 Å². The monoisotopic (exact) mass is 296 g/mol. The molecule has 3 aliphatic heterocycles. The number of nitrogens with one attached hydrogen (secondary N) is 1. The SMILES string of the molecule is O=c1nccc2[nH]nc3c2c1[C@@H](C1CN2CCC1CC2)CC3. The zero-order valence-corrected chi connectivity index (χ0v) is 12.6. The van der Waals surface area contributed by atoms with E-state index in [1.54, 1.807) is 6.20 Å². The lowest BCUT2D eigenvalue weighted by Gasteiger charge is -2.48. The number of aromatic amines is 1. The van der Waals surface area contributed by atoms with Crippen LogP contribution in [0.5, 0.6) is 0 Å². The first-order valence-corrected chi connectivity index (χ1v) is 8.40. The molecule has 22 heavy (non-hydrogen) atoms. The van der Waals surface area contributed by atoms with Crippen LogP contribution in [0.1, 0.15) is 36.4 Å². The zero-order chi connectivity index (χ0) is 14.7. The molecule has 3 saturated heterocycles. The van der Waals surface area contributed by atoms with Crippen LogP contribution in [-0.4, -0.2) is 39.7 Å². The minimum absolute atomic E-state index is 0.0428. The summed E-state index contributed by atoms with van der Waals surface area (Å²) in [5.74, 6) is 1.75. The first-order valence-electron chi connectivity index (χ1n) is 8.40. The van der Waals surface area contributed by atoms with E-state index in [1.807, 2.05) is 6.07 Å². The number of aromatic nitrogens is 3. The predicted octanol–water partition coefficient (Wildman–Crippen LogP) is 1.69. The summed E-state index contributed by atoms with van der Waals surface area (Å²) in [6.45, 7) is 3.64. The minimum atomic E-state index is -0.0428. The highest BCUT2D eigenvalue weighted by atomic mass is 16.1. The summed E-state index contributed by atoms with van der Waals surface area (Å²) < 4.78 is 0. The maximum atomic E-state index is 12.6. The lowest BCUT2D eigenvalue weighted by Crippen LogP contribution is -2.50. The van der Waals surface area contributed by atoms with E-state index in [0.717, 1.165) is 47.5 Å². The van der Waals surface area contributed by atoms with Gasteiger partial charge in [-0.3, -0.25) is 9.89 Å². The fourth-order valence-electron chi connectivity index (χ4n) is 5.03. The van der Waals surface area contributed by atoms with E-state index in [2.05, 4.69) is 20.1 Å². The average Bonchev–Trinajstić information content (AvgIpc) is 2.90. The van der Waals surface area contributed by atoms with Crippen molar-refractivity contribution in [1.29, 1.82) is 0 Å². The number of H-pyrrole nitrogens is 1. The van der Waals surface area contributed by atoms with Gasteiger partial charge in [-0.2, -0.15) is 5.10 Å². The fourth-order valence-corrected chi connectivity index (χ4v) is 5.03. The van der Waals surface area contributed by atoms with Crippen LogP contribution in [0.3, 0.4) is 0 Å². The Hall–Kier alpha value is -1.75. The maximum Gasteiger partial charge on any atom is 0.273 e. The van der Waals surface area contributed by atoms with Crippen molar-refractivity contribution in [2.24, 2.45) is 11.8 Å². The van der Waals surface area contributed by atoms with Crippen molar-refractivity contribution in [2.45, 2.75) is 31.6 Å². The first-order chi connectivity index (χ1) is 10.8. The highest BCUT2D eigenvalue weighted by Crippen LogP contribution is 2.45. The standard InChI is InChI=1S/C17H20N4O/c22-17-15-11(12-9-21-7-4-10(12)5-8-21)1-2-13-16(15)14(20-19-13)3-6-18-17/h3,6,10-12,20H,1-2,4-5,7-9H2/t11-,12?/m1/s1. The van der Waals surface area contributed by atoms with Crippen LogP contribution >= 0.6 is 0 Å². The molecule has 0 saturated carbocycles. The second kappa shape index (κ2) is 4.62. The van der Waals surface area contributed by atoms with E-state index in [0.29, 0.717) is 11.8 Å². The molecular formula is C17H20N4O. The van der Waals surface area contributed by atoms with E-state index in [1.165, 1.54) is 25.9 Å². The van der Waals surface area contributed by atoms with E-state index < -0.39 is 0 Å². The molecule has 1 N–H and O–H groups in total. The van der Waals surface area contributed by atoms with Crippen LogP contribution in [0, 0.1) is 11.8 Å². The molecule has 3 fully saturated rings. The van der Waals surface area contributed by atoms with E-state index in [9.17, 15) is 4.79 Å². The third-order valence-electron chi connectivity index (χ3n) is 6.09. The van der Waals surface area contributed by atoms with Gasteiger partial charge in [0.25, 0.3) is 5.56 Å². The third kappa shape index (κ3) is 1.72. The number of nitrogens with zero attached hydrogens (tertiary/aromatic N) is 3. The number of piperidine rings is 3. The molecule has 5 heteroatoms. The summed E-state index contributed by atoms with van der Waals surface area (Å²) in [6.07, 6.45) is 6.23. The Balaban J connectivity index is 1.70. The number of fused-ring (bicyclic) bond motifs is 3. The van der Waals surface area contributed by atoms with Gasteiger partial charge in [0.15, 0.2) is 0 Å². The molecular weight excluding hydrogens is 276 g/mol. The van der Waals surface area contributed by atoms with Crippen LogP contribution in [0.4, 0.5) is 0 Å². The van der Waals surface area contributed by atoms with Crippen molar-refractivity contribution in [1.82, 2.24) is 20.1 Å². The van der Waals surface area contributed by atoms with Gasteiger partial charge in [-0.25, -0.2) is 4.98 Å². The van der Waals surface area contributed by atoms with Gasteiger partial charge in [-0.15, -0.1) is 0 Å². The second-order valence-electron chi connectivity index (χ2n) is 7.07. The topological polar surface area (TPSA) is 61.9 Å². The van der Waals surface area contributed by atoms with Crippen LogP contribution < -0.4 is 5.56 Å². The van der Waals surface area contributed by atoms with Crippen molar-refractivity contribution >= 4 is 10.9 Å². The molecule has 2 atom stereocenters. The molecule has 0 aromatic carbocycles. The summed E-state index contributed by atoms with van der Waals surface area (Å²) >= 11 is 0. The number of hydrogen-bond donors (Lipinski definition) is 1.